The summed E-state index contributed by atoms with van der Waals surface area (Å²) >= 11 is 8.45. The van der Waals surface area contributed by atoms with Gasteiger partial charge in [0.2, 0.25) is 9.62 Å². The van der Waals surface area contributed by atoms with Crippen molar-refractivity contribution in [2.45, 2.75) is 18.5 Å². The monoisotopic (exact) mass is 194 g/mol. The molecule has 0 radical (unpaired) electrons. The lowest BCUT2D eigenvalue weighted by atomic mass is 10.6. The van der Waals surface area contributed by atoms with E-state index in [9.17, 15) is 0 Å². The molecule has 10 heavy (non-hydrogen) atoms. The van der Waals surface area contributed by atoms with Crippen molar-refractivity contribution in [3.05, 3.63) is 4.47 Å². The van der Waals surface area contributed by atoms with Gasteiger partial charge in [0, 0.05) is 5.75 Å². The highest BCUT2D eigenvalue weighted by atomic mass is 35.5. The lowest BCUT2D eigenvalue weighted by Gasteiger charge is -1.88. The molecule has 0 bridgehead atoms. The van der Waals surface area contributed by atoms with Crippen LogP contribution in [0.25, 0.3) is 0 Å². The molecule has 5 heteroatoms. The van der Waals surface area contributed by atoms with E-state index in [2.05, 4.69) is 16.3 Å². The van der Waals surface area contributed by atoms with Gasteiger partial charge in [-0.15, -0.1) is 0 Å². The van der Waals surface area contributed by atoms with Crippen LogP contribution in [-0.2, 0) is 0 Å². The molecule has 0 saturated heterocycles. The molecule has 0 aliphatic carbocycles. The highest BCUT2D eigenvalue weighted by Gasteiger charge is 1.99. The number of hydrogen-bond donors (Lipinski definition) is 0. The van der Waals surface area contributed by atoms with Gasteiger partial charge in [0.25, 0.3) is 0 Å². The number of hydrogen-bond acceptors (Lipinski definition) is 4. The van der Waals surface area contributed by atoms with Crippen molar-refractivity contribution in [3.63, 3.8) is 0 Å². The largest absolute Gasteiger partial charge is 0.204 e. The average Bonchev–Trinajstić information content (AvgIpc) is 2.31. The lowest BCUT2D eigenvalue weighted by molar-refractivity contribution is 1.05. The van der Waals surface area contributed by atoms with Gasteiger partial charge < -0.3 is 0 Å². The van der Waals surface area contributed by atoms with Crippen molar-refractivity contribution in [1.29, 1.82) is 0 Å². The third kappa shape index (κ3) is 2.44. The van der Waals surface area contributed by atoms with Crippen molar-refractivity contribution < 1.29 is 0 Å². The molecule has 0 aliphatic rings. The Morgan fingerprint density at radius 1 is 1.70 bits per heavy atom. The van der Waals surface area contributed by atoms with Crippen molar-refractivity contribution in [3.8, 4) is 0 Å². The van der Waals surface area contributed by atoms with Crippen LogP contribution in [0.3, 0.4) is 0 Å². The van der Waals surface area contributed by atoms with Crippen LogP contribution in [0.5, 0.6) is 0 Å². The summed E-state index contributed by atoms with van der Waals surface area (Å²) in [4.78, 5) is 3.98. The first kappa shape index (κ1) is 8.30. The van der Waals surface area contributed by atoms with E-state index in [1.54, 1.807) is 11.8 Å². The summed E-state index contributed by atoms with van der Waals surface area (Å²) in [6.07, 6.45) is 1.14. The van der Waals surface area contributed by atoms with Crippen LogP contribution in [0.1, 0.15) is 13.3 Å². The second-order valence-corrected chi connectivity index (χ2v) is 4.07. The minimum atomic E-state index is 0.526. The summed E-state index contributed by atoms with van der Waals surface area (Å²) in [5.74, 6) is 1.06. The second-order valence-electron chi connectivity index (χ2n) is 1.68. The number of halogens is 1. The van der Waals surface area contributed by atoms with Crippen LogP contribution in [0.2, 0.25) is 4.47 Å². The smallest absolute Gasteiger partial charge is 0.198 e. The van der Waals surface area contributed by atoms with E-state index < -0.39 is 0 Å². The zero-order chi connectivity index (χ0) is 7.40. The summed E-state index contributed by atoms with van der Waals surface area (Å²) in [6.45, 7) is 2.13. The van der Waals surface area contributed by atoms with Crippen molar-refractivity contribution >= 4 is 34.9 Å². The third-order valence-electron chi connectivity index (χ3n) is 0.818. The normalized spacial score (nSPS) is 10.2. The van der Waals surface area contributed by atoms with E-state index in [-0.39, 0.29) is 0 Å². The Morgan fingerprint density at radius 3 is 3.00 bits per heavy atom. The lowest BCUT2D eigenvalue weighted by Crippen LogP contribution is -1.76. The van der Waals surface area contributed by atoms with E-state index in [1.165, 1.54) is 11.5 Å². The molecule has 0 amide bonds. The van der Waals surface area contributed by atoms with Gasteiger partial charge in [0.05, 0.1) is 0 Å². The molecule has 0 aliphatic heterocycles. The van der Waals surface area contributed by atoms with E-state index in [0.29, 0.717) is 4.47 Å². The van der Waals surface area contributed by atoms with Crippen LogP contribution in [0, 0.1) is 0 Å². The van der Waals surface area contributed by atoms with Gasteiger partial charge in [-0.3, -0.25) is 0 Å². The maximum Gasteiger partial charge on any atom is 0.204 e. The third-order valence-corrected chi connectivity index (χ3v) is 2.78. The predicted octanol–water partition coefficient (Wildman–Crippen LogP) is 2.69. The Bertz CT molecular complexity index is 201. The SMILES string of the molecule is CCCSc1nsc(Cl)n1. The molecular weight excluding hydrogens is 188 g/mol. The zero-order valence-electron chi connectivity index (χ0n) is 5.50. The van der Waals surface area contributed by atoms with Crippen LogP contribution in [0.4, 0.5) is 0 Å². The number of nitrogens with zero attached hydrogens (tertiary/aromatic N) is 2. The molecule has 1 rings (SSSR count). The molecular formula is C5H7ClN2S2. The van der Waals surface area contributed by atoms with E-state index in [4.69, 9.17) is 11.6 Å². The maximum atomic E-state index is 5.57. The van der Waals surface area contributed by atoms with Crippen LogP contribution < -0.4 is 0 Å². The first-order valence-electron chi connectivity index (χ1n) is 2.95. The maximum absolute atomic E-state index is 5.57. The van der Waals surface area contributed by atoms with Crippen LogP contribution >= 0.6 is 34.9 Å². The van der Waals surface area contributed by atoms with Gasteiger partial charge in [-0.25, -0.2) is 0 Å². The molecule has 56 valence electrons. The van der Waals surface area contributed by atoms with E-state index in [0.717, 1.165) is 17.3 Å². The second kappa shape index (κ2) is 4.16. The summed E-state index contributed by atoms with van der Waals surface area (Å²) in [5.41, 5.74) is 0. The van der Waals surface area contributed by atoms with Crippen molar-refractivity contribution in [1.82, 2.24) is 9.36 Å². The fourth-order valence-electron chi connectivity index (χ4n) is 0.445. The van der Waals surface area contributed by atoms with Crippen LogP contribution in [0.15, 0.2) is 5.16 Å². The molecule has 0 spiro atoms. The molecule has 1 aromatic rings. The summed E-state index contributed by atoms with van der Waals surface area (Å²) in [7, 11) is 0. The first-order valence-corrected chi connectivity index (χ1v) is 5.08. The molecule has 0 unspecified atom stereocenters. The molecule has 1 heterocycles. The average molecular weight is 195 g/mol. The summed E-state index contributed by atoms with van der Waals surface area (Å²) in [6, 6.07) is 0. The highest BCUT2D eigenvalue weighted by molar-refractivity contribution is 7.99. The Balaban J connectivity index is 2.42. The Kier molecular flexibility index (Phi) is 3.45. The molecule has 0 saturated carbocycles. The van der Waals surface area contributed by atoms with Gasteiger partial charge >= 0.3 is 0 Å². The van der Waals surface area contributed by atoms with Crippen LogP contribution in [-0.4, -0.2) is 15.1 Å². The van der Waals surface area contributed by atoms with Gasteiger partial charge in [-0.1, -0.05) is 18.7 Å². The van der Waals surface area contributed by atoms with Crippen molar-refractivity contribution in [2.75, 3.05) is 5.75 Å². The van der Waals surface area contributed by atoms with Gasteiger partial charge in [-0.05, 0) is 29.6 Å². The number of rotatable bonds is 3. The quantitative estimate of drug-likeness (QED) is 0.692. The molecule has 0 N–H and O–H groups in total. The molecule has 0 fully saturated rings. The van der Waals surface area contributed by atoms with E-state index in [1.807, 2.05) is 0 Å². The predicted molar refractivity (Wildman–Crippen MR) is 45.9 cm³/mol. The molecule has 1 aromatic heterocycles. The van der Waals surface area contributed by atoms with E-state index >= 15 is 0 Å². The number of thioether (sulfide) groups is 1. The fraction of sp³-hybridized carbons (Fsp3) is 0.600. The topological polar surface area (TPSA) is 25.8 Å². The fourth-order valence-corrected chi connectivity index (χ4v) is 1.92. The number of aromatic nitrogens is 2. The van der Waals surface area contributed by atoms with Gasteiger partial charge in [0.15, 0.2) is 0 Å². The minimum absolute atomic E-state index is 0.526. The Hall–Kier alpha value is 0.200. The Labute approximate surface area is 73.2 Å². The summed E-state index contributed by atoms with van der Waals surface area (Å²) < 4.78 is 4.54. The molecule has 0 aromatic carbocycles. The van der Waals surface area contributed by atoms with Gasteiger partial charge in [0.1, 0.15) is 0 Å². The Morgan fingerprint density at radius 2 is 2.50 bits per heavy atom. The molecule has 2 nitrogen and oxygen atoms in total. The first-order chi connectivity index (χ1) is 4.83. The minimum Gasteiger partial charge on any atom is -0.198 e. The van der Waals surface area contributed by atoms with Crippen molar-refractivity contribution in [2.24, 2.45) is 0 Å². The highest BCUT2D eigenvalue weighted by Crippen LogP contribution is 2.19. The van der Waals surface area contributed by atoms with Gasteiger partial charge in [-0.2, -0.15) is 9.36 Å². The standard InChI is InChI=1S/C5H7ClN2S2/c1-2-3-9-5-7-4(6)10-8-5/h2-3H2,1H3. The summed E-state index contributed by atoms with van der Waals surface area (Å²) in [5, 5.41) is 0.803. The zero-order valence-corrected chi connectivity index (χ0v) is 7.89. The molecule has 0 atom stereocenters.